The first kappa shape index (κ1) is 33.2. The number of carboxylic acids is 1. The topological polar surface area (TPSA) is 136 Å². The van der Waals surface area contributed by atoms with E-state index in [0.29, 0.717) is 52.3 Å². The molecule has 0 fully saturated rings. The number of carbonyl (C=O) groups is 3. The van der Waals surface area contributed by atoms with Crippen molar-refractivity contribution in [3.05, 3.63) is 124 Å². The first-order valence-electron chi connectivity index (χ1n) is 13.6. The third-order valence-corrected chi connectivity index (χ3v) is 6.98. The van der Waals surface area contributed by atoms with Gasteiger partial charge in [-0.15, -0.1) is 0 Å². The van der Waals surface area contributed by atoms with Crippen molar-refractivity contribution in [2.45, 2.75) is 13.5 Å². The zero-order valence-corrected chi connectivity index (χ0v) is 24.2. The zero-order valence-electron chi connectivity index (χ0n) is 24.2. The van der Waals surface area contributed by atoms with Crippen LogP contribution in [0.15, 0.2) is 60.8 Å². The van der Waals surface area contributed by atoms with E-state index in [0.717, 1.165) is 11.8 Å². The van der Waals surface area contributed by atoms with Gasteiger partial charge in [0.05, 0.1) is 5.56 Å². The molecule has 0 saturated carbocycles. The Morgan fingerprint density at radius 3 is 2.02 bits per heavy atom. The minimum atomic E-state index is -1.83. The van der Waals surface area contributed by atoms with E-state index in [1.165, 1.54) is 12.1 Å². The number of imidazole rings is 1. The van der Waals surface area contributed by atoms with Gasteiger partial charge in [0, 0.05) is 35.2 Å². The summed E-state index contributed by atoms with van der Waals surface area (Å²) in [5.74, 6) is -10.7. The van der Waals surface area contributed by atoms with E-state index in [4.69, 9.17) is 5.11 Å². The van der Waals surface area contributed by atoms with Crippen molar-refractivity contribution < 1.29 is 50.2 Å². The Bertz CT molecular complexity index is 2120. The highest BCUT2D eigenvalue weighted by Crippen LogP contribution is 2.37. The number of hydrogen-bond donors (Lipinski definition) is 5. The Morgan fingerprint density at radius 1 is 0.771 bits per heavy atom. The molecule has 0 unspecified atom stereocenters. The van der Waals surface area contributed by atoms with Crippen LogP contribution in [0.25, 0.3) is 22.5 Å². The second-order valence-corrected chi connectivity index (χ2v) is 10.1. The normalized spacial score (nSPS) is 11.7. The Morgan fingerprint density at radius 2 is 1.40 bits per heavy atom. The number of aryl methyl sites for hydroxylation is 1. The van der Waals surface area contributed by atoms with Gasteiger partial charge in [-0.25, -0.2) is 45.3 Å². The molecule has 16 heteroatoms. The van der Waals surface area contributed by atoms with Crippen molar-refractivity contribution in [3.63, 3.8) is 0 Å². The molecule has 0 atom stereocenters. The number of H-pyrrole nitrogens is 1. The van der Waals surface area contributed by atoms with Crippen LogP contribution < -0.4 is 16.0 Å². The summed E-state index contributed by atoms with van der Waals surface area (Å²) in [5.41, 5.74) is 0.804. The van der Waals surface area contributed by atoms with Crippen LogP contribution in [0.3, 0.4) is 0 Å². The van der Waals surface area contributed by atoms with Crippen LogP contribution in [0, 0.1) is 47.6 Å². The number of aromatic amines is 1. The van der Waals surface area contributed by atoms with Crippen LogP contribution in [0.4, 0.5) is 46.9 Å². The number of amides is 3. The molecule has 0 saturated heterocycles. The summed E-state index contributed by atoms with van der Waals surface area (Å²) < 4.78 is 93.3. The number of carboxylic acid groups (broad SMARTS) is 1. The summed E-state index contributed by atoms with van der Waals surface area (Å²) in [6.07, 6.45) is 1.64. The molecule has 48 heavy (non-hydrogen) atoms. The van der Waals surface area contributed by atoms with Crippen LogP contribution in [0.1, 0.15) is 32.0 Å². The molecule has 1 aliphatic rings. The molecule has 1 aliphatic heterocycles. The molecule has 0 aliphatic carbocycles. The number of halogens is 7. The van der Waals surface area contributed by atoms with Gasteiger partial charge in [0.1, 0.15) is 34.5 Å². The third-order valence-electron chi connectivity index (χ3n) is 6.98. The Hall–Kier alpha value is -6.19. The van der Waals surface area contributed by atoms with Crippen LogP contribution in [0.2, 0.25) is 0 Å². The summed E-state index contributed by atoms with van der Waals surface area (Å²) >= 11 is 0. The number of aromatic carboxylic acids is 1. The second-order valence-electron chi connectivity index (χ2n) is 10.1. The van der Waals surface area contributed by atoms with E-state index in [2.05, 4.69) is 20.6 Å². The van der Waals surface area contributed by atoms with Crippen molar-refractivity contribution in [1.29, 1.82) is 0 Å². The fourth-order valence-corrected chi connectivity index (χ4v) is 4.80. The molecule has 4 aromatic carbocycles. The summed E-state index contributed by atoms with van der Waals surface area (Å²) in [6.45, 7) is 2.03. The standard InChI is InChI=1S/C25H17F4N5O2.C7H3F3O2/c1-11-9-30-23(32-11)15-5-4-13(16-10-31-24(35)20(15)16)14-3-2-12(8-19(14)28)33-25(36)34-22-18(27)7-6-17(26)21(22)29;8-3-1-2-4(9)6(10)5(3)7(11)12/h2-9H,10H2,1H3,(H,30,32)(H,31,35)(H2,33,34,36);1-2H,(H,11,12). The molecule has 2 heterocycles. The zero-order chi connectivity index (χ0) is 34.9. The van der Waals surface area contributed by atoms with Crippen LogP contribution in [0.5, 0.6) is 0 Å². The predicted octanol–water partition coefficient (Wildman–Crippen LogP) is 7.30. The Labute approximate surface area is 265 Å². The highest BCUT2D eigenvalue weighted by Gasteiger charge is 2.28. The van der Waals surface area contributed by atoms with Crippen LogP contribution in [-0.2, 0) is 6.54 Å². The number of hydrogen-bond acceptors (Lipinski definition) is 4. The molecule has 0 radical (unpaired) electrons. The van der Waals surface area contributed by atoms with E-state index in [9.17, 15) is 40.7 Å². The highest BCUT2D eigenvalue weighted by molar-refractivity contribution is 6.06. The molecule has 6 rings (SSSR count). The average Bonchev–Trinajstić information content (AvgIpc) is 3.65. The summed E-state index contributed by atoms with van der Waals surface area (Å²) in [7, 11) is 0. The number of rotatable bonds is 5. The van der Waals surface area contributed by atoms with E-state index in [-0.39, 0.29) is 23.7 Å². The van der Waals surface area contributed by atoms with Crippen molar-refractivity contribution >= 4 is 29.3 Å². The van der Waals surface area contributed by atoms with Gasteiger partial charge in [-0.2, -0.15) is 0 Å². The molecule has 9 nitrogen and oxygen atoms in total. The number of carbonyl (C=O) groups excluding carboxylic acids is 2. The Kier molecular flexibility index (Phi) is 9.17. The lowest BCUT2D eigenvalue weighted by molar-refractivity contribution is 0.0684. The number of benzene rings is 4. The molecular weight excluding hydrogens is 651 g/mol. The summed E-state index contributed by atoms with van der Waals surface area (Å²) in [6, 6.07) is 8.41. The largest absolute Gasteiger partial charge is 0.477 e. The molecular formula is C32H20F7N5O4. The molecule has 5 N–H and O–H groups in total. The number of urea groups is 1. The van der Waals surface area contributed by atoms with Crippen LogP contribution >= 0.6 is 0 Å². The van der Waals surface area contributed by atoms with E-state index in [1.54, 1.807) is 18.3 Å². The highest BCUT2D eigenvalue weighted by atomic mass is 19.2. The molecule has 246 valence electrons. The lowest BCUT2D eigenvalue weighted by Gasteiger charge is -2.13. The molecule has 5 aromatic rings. The lowest BCUT2D eigenvalue weighted by atomic mass is 9.92. The number of anilines is 2. The SMILES string of the molecule is Cc1cnc(-c2ccc(-c3ccc(NC(=O)Nc4c(F)ccc(F)c4F)cc3F)c3c2C(=O)NC3)[nH]1.O=C(O)c1c(F)ccc(F)c1F. The number of fused-ring (bicyclic) bond motifs is 1. The number of nitrogens with zero attached hydrogens (tertiary/aromatic N) is 1. The van der Waals surface area contributed by atoms with Crippen LogP contribution in [-0.4, -0.2) is 33.0 Å². The maximum Gasteiger partial charge on any atom is 0.341 e. The molecule has 0 bridgehead atoms. The van der Waals surface area contributed by atoms with Crippen molar-refractivity contribution in [2.75, 3.05) is 10.6 Å². The number of nitrogens with one attached hydrogen (secondary N) is 4. The van der Waals surface area contributed by atoms with Gasteiger partial charge in [-0.1, -0.05) is 6.07 Å². The second kappa shape index (κ2) is 13.3. The Balaban J connectivity index is 0.000000318. The molecule has 1 aromatic heterocycles. The maximum atomic E-state index is 15.1. The summed E-state index contributed by atoms with van der Waals surface area (Å²) in [5, 5.41) is 15.1. The average molecular weight is 672 g/mol. The van der Waals surface area contributed by atoms with Crippen molar-refractivity contribution in [1.82, 2.24) is 15.3 Å². The minimum Gasteiger partial charge on any atom is -0.477 e. The monoisotopic (exact) mass is 671 g/mol. The van der Waals surface area contributed by atoms with E-state index in [1.807, 2.05) is 12.2 Å². The fourth-order valence-electron chi connectivity index (χ4n) is 4.80. The number of aromatic nitrogens is 2. The van der Waals surface area contributed by atoms with Gasteiger partial charge in [0.15, 0.2) is 23.3 Å². The van der Waals surface area contributed by atoms with E-state index < -0.39 is 64.0 Å². The first-order chi connectivity index (χ1) is 22.8. The third kappa shape index (κ3) is 6.53. The molecule has 3 amide bonds. The van der Waals surface area contributed by atoms with Gasteiger partial charge in [0.2, 0.25) is 0 Å². The van der Waals surface area contributed by atoms with Crippen molar-refractivity contribution in [2.24, 2.45) is 0 Å². The van der Waals surface area contributed by atoms with Gasteiger partial charge in [-0.05, 0) is 66.6 Å². The first-order valence-corrected chi connectivity index (χ1v) is 13.6. The van der Waals surface area contributed by atoms with Gasteiger partial charge < -0.3 is 26.0 Å². The van der Waals surface area contributed by atoms with Crippen molar-refractivity contribution in [3.8, 4) is 22.5 Å². The van der Waals surface area contributed by atoms with Gasteiger partial charge in [-0.3, -0.25) is 4.79 Å². The van der Waals surface area contributed by atoms with Gasteiger partial charge >= 0.3 is 12.0 Å². The lowest BCUT2D eigenvalue weighted by Crippen LogP contribution is -2.21. The fraction of sp³-hybridized carbons (Fsp3) is 0.0625. The summed E-state index contributed by atoms with van der Waals surface area (Å²) in [4.78, 5) is 42.2. The van der Waals surface area contributed by atoms with E-state index >= 15 is 4.39 Å². The smallest absolute Gasteiger partial charge is 0.341 e. The maximum absolute atomic E-state index is 15.1. The quantitative estimate of drug-likeness (QED) is 0.0988. The molecule has 0 spiro atoms. The predicted molar refractivity (Wildman–Crippen MR) is 158 cm³/mol. The van der Waals surface area contributed by atoms with Gasteiger partial charge in [0.25, 0.3) is 5.91 Å². The minimum absolute atomic E-state index is 0.0144.